The van der Waals surface area contributed by atoms with Gasteiger partial charge in [-0.25, -0.2) is 4.79 Å². The highest BCUT2D eigenvalue weighted by molar-refractivity contribution is 5.67. The predicted molar refractivity (Wildman–Crippen MR) is 101 cm³/mol. The molecule has 1 rings (SSSR count). The Balaban J connectivity index is 2.39. The molecule has 0 atom stereocenters. The van der Waals surface area contributed by atoms with Crippen LogP contribution in [0.5, 0.6) is 0 Å². The molecule has 0 fully saturated rings. The van der Waals surface area contributed by atoms with Crippen LogP contribution in [0.4, 0.5) is 10.5 Å². The standard InChI is InChI=1S/C20H28N2O2/c1-6-7-8-9-16(2)22-18-12-10-17(11-13-18)14-15-21-19(23)24-20(3,4)5/h6-13,22H,2,14-15H2,1,3-5H3,(H,21,23)/b7-6-,9-8-. The van der Waals surface area contributed by atoms with E-state index in [0.29, 0.717) is 6.54 Å². The first-order valence-corrected chi connectivity index (χ1v) is 8.11. The molecule has 0 aromatic heterocycles. The van der Waals surface area contributed by atoms with Crippen LogP contribution < -0.4 is 10.6 Å². The highest BCUT2D eigenvalue weighted by Crippen LogP contribution is 2.12. The maximum absolute atomic E-state index is 11.6. The Morgan fingerprint density at radius 1 is 1.21 bits per heavy atom. The van der Waals surface area contributed by atoms with E-state index in [2.05, 4.69) is 17.2 Å². The van der Waals surface area contributed by atoms with Crippen molar-refractivity contribution in [1.29, 1.82) is 0 Å². The summed E-state index contributed by atoms with van der Waals surface area (Å²) >= 11 is 0. The molecule has 1 aromatic carbocycles. The number of alkyl carbamates (subject to hydrolysis) is 1. The quantitative estimate of drug-likeness (QED) is 0.706. The smallest absolute Gasteiger partial charge is 0.407 e. The first-order valence-electron chi connectivity index (χ1n) is 8.11. The lowest BCUT2D eigenvalue weighted by molar-refractivity contribution is 0.0528. The Hall–Kier alpha value is -2.49. The number of amides is 1. The van der Waals surface area contributed by atoms with Crippen LogP contribution in [0, 0.1) is 0 Å². The molecule has 2 N–H and O–H groups in total. The van der Waals surface area contributed by atoms with E-state index in [9.17, 15) is 4.79 Å². The average Bonchev–Trinajstić information content (AvgIpc) is 2.47. The number of hydrogen-bond donors (Lipinski definition) is 2. The van der Waals surface area contributed by atoms with Crippen molar-refractivity contribution in [1.82, 2.24) is 5.32 Å². The molecule has 0 aliphatic rings. The lowest BCUT2D eigenvalue weighted by atomic mass is 10.1. The van der Waals surface area contributed by atoms with Gasteiger partial charge in [0.2, 0.25) is 0 Å². The first-order chi connectivity index (χ1) is 11.3. The summed E-state index contributed by atoms with van der Waals surface area (Å²) in [5.74, 6) is 0. The number of anilines is 1. The van der Waals surface area contributed by atoms with Crippen molar-refractivity contribution < 1.29 is 9.53 Å². The minimum absolute atomic E-state index is 0.384. The summed E-state index contributed by atoms with van der Waals surface area (Å²) in [6.45, 7) is 12.0. The average molecular weight is 328 g/mol. The topological polar surface area (TPSA) is 50.4 Å². The van der Waals surface area contributed by atoms with Gasteiger partial charge < -0.3 is 15.4 Å². The molecule has 24 heavy (non-hydrogen) atoms. The molecule has 4 heteroatoms. The second-order valence-corrected chi connectivity index (χ2v) is 6.41. The molecule has 4 nitrogen and oxygen atoms in total. The molecule has 0 unspecified atom stereocenters. The van der Waals surface area contributed by atoms with Gasteiger partial charge in [-0.3, -0.25) is 0 Å². The molecular formula is C20H28N2O2. The Bertz CT molecular complexity index is 593. The van der Waals surface area contributed by atoms with E-state index in [1.165, 1.54) is 0 Å². The number of carbonyl (C=O) groups excluding carboxylic acids is 1. The van der Waals surface area contributed by atoms with Gasteiger partial charge in [0, 0.05) is 17.9 Å². The van der Waals surface area contributed by atoms with Crippen molar-refractivity contribution in [2.75, 3.05) is 11.9 Å². The third-order valence-electron chi connectivity index (χ3n) is 2.94. The Morgan fingerprint density at radius 3 is 2.46 bits per heavy atom. The van der Waals surface area contributed by atoms with Crippen LogP contribution in [0.25, 0.3) is 0 Å². The van der Waals surface area contributed by atoms with E-state index in [-0.39, 0.29) is 6.09 Å². The minimum atomic E-state index is -0.471. The fourth-order valence-corrected chi connectivity index (χ4v) is 1.89. The molecule has 0 spiro atoms. The van der Waals surface area contributed by atoms with Gasteiger partial charge in [0.25, 0.3) is 0 Å². The van der Waals surface area contributed by atoms with Crippen molar-refractivity contribution in [2.45, 2.75) is 39.7 Å². The Morgan fingerprint density at radius 2 is 1.88 bits per heavy atom. The van der Waals surface area contributed by atoms with Gasteiger partial charge in [0.05, 0.1) is 0 Å². The van der Waals surface area contributed by atoms with Gasteiger partial charge in [0.1, 0.15) is 5.60 Å². The maximum atomic E-state index is 11.6. The Labute approximate surface area is 145 Å². The van der Waals surface area contributed by atoms with Gasteiger partial charge in [0.15, 0.2) is 0 Å². The molecule has 0 aliphatic carbocycles. The number of ether oxygens (including phenoxy) is 1. The zero-order valence-corrected chi connectivity index (χ0v) is 15.1. The van der Waals surface area contributed by atoms with E-state index >= 15 is 0 Å². The van der Waals surface area contributed by atoms with Crippen molar-refractivity contribution >= 4 is 11.8 Å². The molecule has 1 aromatic rings. The summed E-state index contributed by atoms with van der Waals surface area (Å²) in [6.07, 6.45) is 8.13. The van der Waals surface area contributed by atoms with Crippen LogP contribution in [-0.2, 0) is 11.2 Å². The molecule has 0 bridgehead atoms. The zero-order valence-electron chi connectivity index (χ0n) is 15.1. The normalized spacial score (nSPS) is 11.7. The number of hydrogen-bond acceptors (Lipinski definition) is 3. The van der Waals surface area contributed by atoms with Gasteiger partial charge in [-0.2, -0.15) is 0 Å². The summed E-state index contributed by atoms with van der Waals surface area (Å²) in [6, 6.07) is 8.05. The van der Waals surface area contributed by atoms with Crippen LogP contribution >= 0.6 is 0 Å². The molecule has 0 heterocycles. The number of allylic oxidation sites excluding steroid dienone is 4. The third-order valence-corrected chi connectivity index (χ3v) is 2.94. The predicted octanol–water partition coefficient (Wildman–Crippen LogP) is 4.81. The van der Waals surface area contributed by atoms with Crippen LogP contribution in [0.1, 0.15) is 33.3 Å². The number of nitrogens with one attached hydrogen (secondary N) is 2. The highest BCUT2D eigenvalue weighted by atomic mass is 16.6. The molecule has 0 saturated carbocycles. The largest absolute Gasteiger partial charge is 0.444 e. The number of benzene rings is 1. The molecule has 1 amide bonds. The fourth-order valence-electron chi connectivity index (χ4n) is 1.89. The molecule has 0 saturated heterocycles. The number of carbonyl (C=O) groups is 1. The number of rotatable bonds is 7. The van der Waals surface area contributed by atoms with Crippen LogP contribution in [-0.4, -0.2) is 18.2 Å². The third kappa shape index (κ3) is 8.83. The van der Waals surface area contributed by atoms with Gasteiger partial charge in [-0.15, -0.1) is 0 Å². The summed E-state index contributed by atoms with van der Waals surface area (Å²) in [4.78, 5) is 11.6. The lowest BCUT2D eigenvalue weighted by Crippen LogP contribution is -2.33. The summed E-state index contributed by atoms with van der Waals surface area (Å²) in [5.41, 5.74) is 2.48. The van der Waals surface area contributed by atoms with Crippen LogP contribution in [0.2, 0.25) is 0 Å². The summed E-state index contributed by atoms with van der Waals surface area (Å²) in [5, 5.41) is 5.98. The van der Waals surface area contributed by atoms with Crippen LogP contribution in [0.15, 0.2) is 60.8 Å². The monoisotopic (exact) mass is 328 g/mol. The summed E-state index contributed by atoms with van der Waals surface area (Å²) in [7, 11) is 0. The Kier molecular flexibility index (Phi) is 7.83. The second-order valence-electron chi connectivity index (χ2n) is 6.41. The van der Waals surface area contributed by atoms with Crippen molar-refractivity contribution in [3.63, 3.8) is 0 Å². The van der Waals surface area contributed by atoms with Gasteiger partial charge in [-0.05, 0) is 57.9 Å². The molecule has 0 aliphatic heterocycles. The second kappa shape index (κ2) is 9.60. The summed E-state index contributed by atoms with van der Waals surface area (Å²) < 4.78 is 5.20. The van der Waals surface area contributed by atoms with E-state index in [1.54, 1.807) is 0 Å². The first kappa shape index (κ1) is 19.6. The molecule has 130 valence electrons. The van der Waals surface area contributed by atoms with E-state index in [0.717, 1.165) is 23.4 Å². The maximum Gasteiger partial charge on any atom is 0.407 e. The SMILES string of the molecule is C=C(/C=C\C=C/C)Nc1ccc(CCNC(=O)OC(C)(C)C)cc1. The molecule has 0 radical (unpaired) electrons. The fraction of sp³-hybridized carbons (Fsp3) is 0.350. The lowest BCUT2D eigenvalue weighted by Gasteiger charge is -2.19. The van der Waals surface area contributed by atoms with Crippen LogP contribution in [0.3, 0.4) is 0 Å². The minimum Gasteiger partial charge on any atom is -0.444 e. The van der Waals surface area contributed by atoms with E-state index in [4.69, 9.17) is 4.74 Å². The highest BCUT2D eigenvalue weighted by Gasteiger charge is 2.15. The zero-order chi connectivity index (χ0) is 18.0. The van der Waals surface area contributed by atoms with Gasteiger partial charge >= 0.3 is 6.09 Å². The van der Waals surface area contributed by atoms with Crippen molar-refractivity contribution in [3.05, 3.63) is 66.4 Å². The van der Waals surface area contributed by atoms with E-state index in [1.807, 2.05) is 76.3 Å². The van der Waals surface area contributed by atoms with Crippen molar-refractivity contribution in [3.8, 4) is 0 Å². The molecular weight excluding hydrogens is 300 g/mol. The van der Waals surface area contributed by atoms with Crippen molar-refractivity contribution in [2.24, 2.45) is 0 Å². The van der Waals surface area contributed by atoms with Gasteiger partial charge in [-0.1, -0.05) is 36.9 Å². The van der Waals surface area contributed by atoms with E-state index < -0.39 is 5.60 Å².